The van der Waals surface area contributed by atoms with E-state index in [2.05, 4.69) is 15.3 Å². The third-order valence-corrected chi connectivity index (χ3v) is 5.11. The zero-order chi connectivity index (χ0) is 19.3. The number of benzene rings is 1. The Morgan fingerprint density at radius 2 is 1.89 bits per heavy atom. The Hall–Kier alpha value is -3.55. The Morgan fingerprint density at radius 3 is 2.68 bits per heavy atom. The van der Waals surface area contributed by atoms with Crippen molar-refractivity contribution < 1.29 is 9.18 Å². The van der Waals surface area contributed by atoms with E-state index in [4.69, 9.17) is 0 Å². The van der Waals surface area contributed by atoms with Gasteiger partial charge < -0.3 is 4.90 Å². The first kappa shape index (κ1) is 16.6. The van der Waals surface area contributed by atoms with Crippen molar-refractivity contribution >= 4 is 11.6 Å². The van der Waals surface area contributed by atoms with Crippen molar-refractivity contribution in [2.75, 3.05) is 13.1 Å². The lowest BCUT2D eigenvalue weighted by Crippen LogP contribution is -2.49. The van der Waals surface area contributed by atoms with Crippen molar-refractivity contribution in [2.24, 2.45) is 7.05 Å². The van der Waals surface area contributed by atoms with Gasteiger partial charge in [-0.05, 0) is 42.5 Å². The van der Waals surface area contributed by atoms with E-state index in [1.165, 1.54) is 12.1 Å². The fourth-order valence-electron chi connectivity index (χ4n) is 3.54. The van der Waals surface area contributed by atoms with Crippen LogP contribution in [0.3, 0.4) is 0 Å². The lowest BCUT2D eigenvalue weighted by molar-refractivity contribution is 0.0582. The summed E-state index contributed by atoms with van der Waals surface area (Å²) in [6.45, 7) is 1.18. The van der Waals surface area contributed by atoms with E-state index in [1.54, 1.807) is 34.8 Å². The van der Waals surface area contributed by atoms with Crippen LogP contribution in [0.2, 0.25) is 0 Å². The van der Waals surface area contributed by atoms with E-state index in [-0.39, 0.29) is 17.6 Å². The van der Waals surface area contributed by atoms with Gasteiger partial charge in [0.1, 0.15) is 17.3 Å². The summed E-state index contributed by atoms with van der Waals surface area (Å²) in [5.41, 5.74) is 2.72. The molecule has 7 nitrogen and oxygen atoms in total. The number of amides is 1. The second-order valence-corrected chi connectivity index (χ2v) is 6.94. The highest BCUT2D eigenvalue weighted by Gasteiger charge is 2.36. The van der Waals surface area contributed by atoms with E-state index in [0.29, 0.717) is 24.5 Å². The Bertz CT molecular complexity index is 1170. The summed E-state index contributed by atoms with van der Waals surface area (Å²) in [6, 6.07) is 13.6. The minimum absolute atomic E-state index is 0.0755. The van der Waals surface area contributed by atoms with Crippen molar-refractivity contribution in [2.45, 2.75) is 5.92 Å². The molecule has 0 aliphatic carbocycles. The smallest absolute Gasteiger partial charge is 0.272 e. The summed E-state index contributed by atoms with van der Waals surface area (Å²) in [5, 5.41) is 12.9. The number of aryl methyl sites for hydroxylation is 1. The van der Waals surface area contributed by atoms with Crippen molar-refractivity contribution in [1.82, 2.24) is 29.3 Å². The molecule has 28 heavy (non-hydrogen) atoms. The fourth-order valence-corrected chi connectivity index (χ4v) is 3.54. The topological polar surface area (TPSA) is 68.3 Å². The van der Waals surface area contributed by atoms with Crippen LogP contribution in [0, 0.1) is 5.82 Å². The van der Waals surface area contributed by atoms with Gasteiger partial charge in [-0.25, -0.2) is 4.39 Å². The number of hydrogen-bond acceptors (Lipinski definition) is 4. The Morgan fingerprint density at radius 1 is 1.11 bits per heavy atom. The average molecular weight is 376 g/mol. The molecular formula is C20H17FN6O. The van der Waals surface area contributed by atoms with E-state index in [9.17, 15) is 9.18 Å². The van der Waals surface area contributed by atoms with Crippen LogP contribution in [0.5, 0.6) is 0 Å². The highest BCUT2D eigenvalue weighted by Crippen LogP contribution is 2.28. The molecule has 4 heterocycles. The molecule has 1 saturated heterocycles. The molecule has 4 aromatic rings. The van der Waals surface area contributed by atoms with Crippen molar-refractivity contribution in [1.29, 1.82) is 0 Å². The number of carbonyl (C=O) groups excluding carboxylic acids is 1. The third-order valence-electron chi connectivity index (χ3n) is 5.11. The molecular weight excluding hydrogens is 359 g/mol. The van der Waals surface area contributed by atoms with Gasteiger partial charge >= 0.3 is 0 Å². The van der Waals surface area contributed by atoms with Crippen LogP contribution in [0.25, 0.3) is 16.9 Å². The average Bonchev–Trinajstić information content (AvgIpc) is 3.25. The van der Waals surface area contributed by atoms with E-state index >= 15 is 0 Å². The number of nitrogens with zero attached hydrogens (tertiary/aromatic N) is 6. The molecule has 0 unspecified atom stereocenters. The molecule has 1 aliphatic rings. The van der Waals surface area contributed by atoms with Gasteiger partial charge in [0.2, 0.25) is 0 Å². The maximum absolute atomic E-state index is 13.1. The van der Waals surface area contributed by atoms with Gasteiger partial charge in [-0.3, -0.25) is 13.9 Å². The molecule has 5 rings (SSSR count). The first-order valence-electron chi connectivity index (χ1n) is 8.99. The summed E-state index contributed by atoms with van der Waals surface area (Å²) in [7, 11) is 1.74. The van der Waals surface area contributed by atoms with Crippen LogP contribution in [-0.4, -0.2) is 48.3 Å². The number of aromatic nitrogens is 5. The number of pyridine rings is 1. The van der Waals surface area contributed by atoms with Gasteiger partial charge in [-0.2, -0.15) is 5.10 Å². The minimum Gasteiger partial charge on any atom is -0.336 e. The predicted molar refractivity (Wildman–Crippen MR) is 100 cm³/mol. The van der Waals surface area contributed by atoms with E-state index in [0.717, 1.165) is 17.0 Å². The monoisotopic (exact) mass is 376 g/mol. The molecule has 0 bridgehead atoms. The Labute approximate surface area is 160 Å². The highest BCUT2D eigenvalue weighted by atomic mass is 19.1. The van der Waals surface area contributed by atoms with Crippen molar-refractivity contribution in [3.63, 3.8) is 0 Å². The maximum Gasteiger partial charge on any atom is 0.272 e. The number of hydrogen-bond donors (Lipinski definition) is 0. The second-order valence-electron chi connectivity index (χ2n) is 6.94. The van der Waals surface area contributed by atoms with Crippen LogP contribution in [0.1, 0.15) is 22.2 Å². The van der Waals surface area contributed by atoms with Gasteiger partial charge in [-0.1, -0.05) is 6.07 Å². The van der Waals surface area contributed by atoms with Crippen molar-refractivity contribution in [3.05, 3.63) is 72.1 Å². The summed E-state index contributed by atoms with van der Waals surface area (Å²) < 4.78 is 16.7. The molecule has 1 amide bonds. The number of rotatable bonds is 3. The molecule has 3 aromatic heterocycles. The SMILES string of the molecule is Cn1nc(-c2ccc(F)cc2)cc1C(=O)N1CC(c2nnc3ccccn23)C1. The number of halogens is 1. The molecule has 8 heteroatoms. The maximum atomic E-state index is 13.1. The van der Waals surface area contributed by atoms with Gasteiger partial charge in [0.25, 0.3) is 5.91 Å². The standard InChI is InChI=1S/C20H17FN6O/c1-25-17(10-16(24-25)13-5-7-15(21)8-6-13)20(28)26-11-14(12-26)19-23-22-18-4-2-3-9-27(18)19/h2-10,14H,11-12H2,1H3. The molecule has 1 fully saturated rings. The van der Waals surface area contributed by atoms with Gasteiger partial charge in [0, 0.05) is 31.9 Å². The van der Waals surface area contributed by atoms with Gasteiger partial charge in [0.05, 0.1) is 11.6 Å². The van der Waals surface area contributed by atoms with E-state index < -0.39 is 0 Å². The first-order valence-corrected chi connectivity index (χ1v) is 8.99. The number of fused-ring (bicyclic) bond motifs is 1. The first-order chi connectivity index (χ1) is 13.6. The fraction of sp³-hybridized carbons (Fsp3) is 0.200. The lowest BCUT2D eigenvalue weighted by Gasteiger charge is -2.38. The Kier molecular flexibility index (Phi) is 3.71. The minimum atomic E-state index is -0.302. The molecule has 1 aromatic carbocycles. The lowest BCUT2D eigenvalue weighted by atomic mass is 9.98. The molecule has 1 aliphatic heterocycles. The summed E-state index contributed by atoms with van der Waals surface area (Å²) in [6.07, 6.45) is 1.94. The molecule has 0 spiro atoms. The summed E-state index contributed by atoms with van der Waals surface area (Å²) >= 11 is 0. The van der Waals surface area contributed by atoms with Crippen LogP contribution in [0.15, 0.2) is 54.7 Å². The quantitative estimate of drug-likeness (QED) is 0.551. The van der Waals surface area contributed by atoms with Crippen LogP contribution >= 0.6 is 0 Å². The largest absolute Gasteiger partial charge is 0.336 e. The van der Waals surface area contributed by atoms with Crippen molar-refractivity contribution in [3.8, 4) is 11.3 Å². The molecule has 0 atom stereocenters. The molecule has 0 saturated carbocycles. The number of likely N-dealkylation sites (tertiary alicyclic amines) is 1. The number of carbonyl (C=O) groups is 1. The van der Waals surface area contributed by atoms with Crippen LogP contribution < -0.4 is 0 Å². The van der Waals surface area contributed by atoms with E-state index in [1.807, 2.05) is 28.8 Å². The molecule has 0 N–H and O–H groups in total. The predicted octanol–water partition coefficient (Wildman–Crippen LogP) is 2.51. The Balaban J connectivity index is 1.33. The zero-order valence-corrected chi connectivity index (χ0v) is 15.2. The normalized spacial score (nSPS) is 14.4. The highest BCUT2D eigenvalue weighted by molar-refractivity contribution is 5.94. The van der Waals surface area contributed by atoms with Gasteiger partial charge in [-0.15, -0.1) is 10.2 Å². The second kappa shape index (κ2) is 6.26. The van der Waals surface area contributed by atoms with Gasteiger partial charge in [0.15, 0.2) is 5.65 Å². The molecule has 140 valence electrons. The third kappa shape index (κ3) is 2.65. The zero-order valence-electron chi connectivity index (χ0n) is 15.2. The summed E-state index contributed by atoms with van der Waals surface area (Å²) in [4.78, 5) is 14.7. The van der Waals surface area contributed by atoms with Crippen LogP contribution in [0.4, 0.5) is 4.39 Å². The molecule has 0 radical (unpaired) electrons. The summed E-state index contributed by atoms with van der Waals surface area (Å²) in [5.74, 6) is 0.653. The van der Waals surface area contributed by atoms with Crippen LogP contribution in [-0.2, 0) is 7.05 Å².